The van der Waals surface area contributed by atoms with Gasteiger partial charge in [0.2, 0.25) is 0 Å². The first-order chi connectivity index (χ1) is 9.23. The van der Waals surface area contributed by atoms with Gasteiger partial charge in [0.05, 0.1) is 0 Å². The third kappa shape index (κ3) is 3.53. The van der Waals surface area contributed by atoms with Gasteiger partial charge in [-0.25, -0.2) is 0 Å². The molecule has 0 bridgehead atoms. The molecule has 1 N–H and O–H groups in total. The molecule has 1 heterocycles. The summed E-state index contributed by atoms with van der Waals surface area (Å²) in [6.45, 7) is 5.81. The summed E-state index contributed by atoms with van der Waals surface area (Å²) in [7, 11) is 0. The zero-order valence-corrected chi connectivity index (χ0v) is 12.9. The van der Waals surface area contributed by atoms with Crippen LogP contribution in [0.25, 0.3) is 0 Å². The molecule has 2 nitrogen and oxygen atoms in total. The van der Waals surface area contributed by atoms with Crippen molar-refractivity contribution < 1.29 is 5.11 Å². The maximum Gasteiger partial charge on any atom is 0.0488 e. The third-order valence-corrected chi connectivity index (χ3v) is 5.43. The molecule has 0 aromatic heterocycles. The van der Waals surface area contributed by atoms with Gasteiger partial charge in [-0.2, -0.15) is 0 Å². The second-order valence-electron chi connectivity index (χ2n) is 5.60. The van der Waals surface area contributed by atoms with E-state index in [1.54, 1.807) is 0 Å². The van der Waals surface area contributed by atoms with Crippen LogP contribution >= 0.6 is 11.8 Å². The molecule has 0 atom stereocenters. The van der Waals surface area contributed by atoms with Crippen LogP contribution < -0.4 is 0 Å². The summed E-state index contributed by atoms with van der Waals surface area (Å²) >= 11 is 1.83. The van der Waals surface area contributed by atoms with Gasteiger partial charge in [-0.05, 0) is 55.7 Å². The van der Waals surface area contributed by atoms with Crippen molar-refractivity contribution in [3.05, 3.63) is 29.8 Å². The Morgan fingerprint density at radius 1 is 1.26 bits per heavy atom. The summed E-state index contributed by atoms with van der Waals surface area (Å²) in [5, 5.41) is 9.58. The number of benzene rings is 1. The van der Waals surface area contributed by atoms with Crippen LogP contribution in [-0.2, 0) is 6.54 Å². The summed E-state index contributed by atoms with van der Waals surface area (Å²) in [6, 6.07) is 8.68. The monoisotopic (exact) mass is 279 g/mol. The fourth-order valence-corrected chi connectivity index (χ4v) is 3.49. The second kappa shape index (κ2) is 6.78. The molecule has 1 saturated heterocycles. The molecule has 1 aliphatic rings. The van der Waals surface area contributed by atoms with Crippen molar-refractivity contribution in [1.82, 2.24) is 4.90 Å². The molecule has 0 spiro atoms. The van der Waals surface area contributed by atoms with E-state index in [2.05, 4.69) is 42.3 Å². The highest BCUT2D eigenvalue weighted by molar-refractivity contribution is 7.98. The summed E-state index contributed by atoms with van der Waals surface area (Å²) in [5.41, 5.74) is 1.62. The highest BCUT2D eigenvalue weighted by Crippen LogP contribution is 2.35. The van der Waals surface area contributed by atoms with Crippen molar-refractivity contribution in [3.8, 4) is 0 Å². The number of likely N-dealkylation sites (tertiary alicyclic amines) is 1. The Balaban J connectivity index is 1.95. The first-order valence-corrected chi connectivity index (χ1v) is 8.40. The van der Waals surface area contributed by atoms with Gasteiger partial charge < -0.3 is 5.11 Å². The van der Waals surface area contributed by atoms with E-state index in [0.717, 1.165) is 38.9 Å². The molecular weight excluding hydrogens is 254 g/mol. The molecule has 106 valence electrons. The number of hydrogen-bond acceptors (Lipinski definition) is 3. The normalized spacial score (nSPS) is 19.5. The van der Waals surface area contributed by atoms with Crippen molar-refractivity contribution in [2.75, 3.05) is 26.0 Å². The van der Waals surface area contributed by atoms with E-state index in [4.69, 9.17) is 0 Å². The van der Waals surface area contributed by atoms with E-state index >= 15 is 0 Å². The topological polar surface area (TPSA) is 23.5 Å². The van der Waals surface area contributed by atoms with Crippen LogP contribution in [0.3, 0.4) is 0 Å². The SMILES string of the molecule is CCC1(CO)CCN(Cc2ccccc2SC)CC1. The van der Waals surface area contributed by atoms with Crippen LogP contribution in [-0.4, -0.2) is 36.0 Å². The Bertz CT molecular complexity index is 393. The lowest BCUT2D eigenvalue weighted by atomic mass is 9.77. The van der Waals surface area contributed by atoms with Crippen LogP contribution in [0.2, 0.25) is 0 Å². The van der Waals surface area contributed by atoms with E-state index in [0.29, 0.717) is 6.61 Å². The van der Waals surface area contributed by atoms with Crippen molar-refractivity contribution >= 4 is 11.8 Å². The highest BCUT2D eigenvalue weighted by Gasteiger charge is 2.32. The minimum atomic E-state index is 0.190. The van der Waals surface area contributed by atoms with Gasteiger partial charge in [-0.1, -0.05) is 25.1 Å². The Morgan fingerprint density at radius 3 is 2.53 bits per heavy atom. The Hall–Kier alpha value is -0.510. The summed E-state index contributed by atoms with van der Waals surface area (Å²) < 4.78 is 0. The lowest BCUT2D eigenvalue weighted by Crippen LogP contribution is -2.41. The number of hydrogen-bond donors (Lipinski definition) is 1. The van der Waals surface area contributed by atoms with Crippen LogP contribution in [0.15, 0.2) is 29.2 Å². The minimum absolute atomic E-state index is 0.190. The zero-order chi connectivity index (χ0) is 13.7. The predicted octanol–water partition coefficient (Wildman–Crippen LogP) is 3.39. The standard InChI is InChI=1S/C16H25NOS/c1-3-16(13-18)8-10-17(11-9-16)12-14-6-4-5-7-15(14)19-2/h4-7,18H,3,8-13H2,1-2H3. The van der Waals surface area contributed by atoms with Gasteiger partial charge in [0, 0.05) is 18.0 Å². The van der Waals surface area contributed by atoms with Crippen molar-refractivity contribution in [2.45, 2.75) is 37.6 Å². The van der Waals surface area contributed by atoms with Crippen molar-refractivity contribution in [3.63, 3.8) is 0 Å². The first kappa shape index (κ1) is 14.9. The molecule has 0 amide bonds. The molecule has 0 unspecified atom stereocenters. The van der Waals surface area contributed by atoms with Gasteiger partial charge in [0.25, 0.3) is 0 Å². The summed E-state index contributed by atoms with van der Waals surface area (Å²) in [5.74, 6) is 0. The Morgan fingerprint density at radius 2 is 1.95 bits per heavy atom. The number of rotatable bonds is 5. The maximum absolute atomic E-state index is 9.58. The number of aliphatic hydroxyl groups is 1. The van der Waals surface area contributed by atoms with Crippen molar-refractivity contribution in [2.24, 2.45) is 5.41 Å². The molecule has 2 rings (SSSR count). The van der Waals surface area contributed by atoms with Crippen LogP contribution in [0.1, 0.15) is 31.7 Å². The molecule has 0 aliphatic carbocycles. The Labute approximate surface area is 121 Å². The summed E-state index contributed by atoms with van der Waals surface area (Å²) in [6.07, 6.45) is 5.49. The molecule has 1 fully saturated rings. The van der Waals surface area contributed by atoms with E-state index in [-0.39, 0.29) is 5.41 Å². The van der Waals surface area contributed by atoms with E-state index in [9.17, 15) is 5.11 Å². The second-order valence-corrected chi connectivity index (χ2v) is 6.45. The average molecular weight is 279 g/mol. The van der Waals surface area contributed by atoms with Crippen molar-refractivity contribution in [1.29, 1.82) is 0 Å². The number of thioether (sulfide) groups is 1. The Kier molecular flexibility index (Phi) is 5.31. The molecule has 3 heteroatoms. The zero-order valence-electron chi connectivity index (χ0n) is 12.1. The van der Waals surface area contributed by atoms with Gasteiger partial charge >= 0.3 is 0 Å². The maximum atomic E-state index is 9.58. The fraction of sp³-hybridized carbons (Fsp3) is 0.625. The largest absolute Gasteiger partial charge is 0.396 e. The minimum Gasteiger partial charge on any atom is -0.396 e. The lowest BCUT2D eigenvalue weighted by Gasteiger charge is -2.40. The highest BCUT2D eigenvalue weighted by atomic mass is 32.2. The molecule has 1 aromatic rings. The third-order valence-electron chi connectivity index (χ3n) is 4.59. The van der Waals surface area contributed by atoms with Crippen LogP contribution in [0.4, 0.5) is 0 Å². The molecular formula is C16H25NOS. The molecule has 0 radical (unpaired) electrons. The molecule has 1 aromatic carbocycles. The van der Waals surface area contributed by atoms with Gasteiger partial charge in [-0.15, -0.1) is 11.8 Å². The molecule has 19 heavy (non-hydrogen) atoms. The number of aliphatic hydroxyl groups excluding tert-OH is 1. The van der Waals surface area contributed by atoms with Crippen LogP contribution in [0, 0.1) is 5.41 Å². The van der Waals surface area contributed by atoms with E-state index < -0.39 is 0 Å². The molecule has 1 aliphatic heterocycles. The molecule has 0 saturated carbocycles. The number of piperidine rings is 1. The smallest absolute Gasteiger partial charge is 0.0488 e. The first-order valence-electron chi connectivity index (χ1n) is 7.18. The fourth-order valence-electron chi connectivity index (χ4n) is 2.88. The van der Waals surface area contributed by atoms with Gasteiger partial charge in [-0.3, -0.25) is 4.90 Å². The lowest BCUT2D eigenvalue weighted by molar-refractivity contribution is 0.0380. The quantitative estimate of drug-likeness (QED) is 0.836. The van der Waals surface area contributed by atoms with Crippen LogP contribution in [0.5, 0.6) is 0 Å². The van der Waals surface area contributed by atoms with E-state index in [1.165, 1.54) is 10.5 Å². The van der Waals surface area contributed by atoms with Gasteiger partial charge in [0.15, 0.2) is 0 Å². The summed E-state index contributed by atoms with van der Waals surface area (Å²) in [4.78, 5) is 3.91. The predicted molar refractivity (Wildman–Crippen MR) is 82.5 cm³/mol. The van der Waals surface area contributed by atoms with Gasteiger partial charge in [0.1, 0.15) is 0 Å². The number of nitrogens with zero attached hydrogens (tertiary/aromatic N) is 1. The average Bonchev–Trinajstić information content (AvgIpc) is 2.49. The van der Waals surface area contributed by atoms with E-state index in [1.807, 2.05) is 11.8 Å².